The van der Waals surface area contributed by atoms with Gasteiger partial charge in [-0.1, -0.05) is 6.42 Å². The lowest BCUT2D eigenvalue weighted by atomic mass is 10.0. The molecule has 80 valence electrons. The highest BCUT2D eigenvalue weighted by atomic mass is 16.2. The fraction of sp³-hybridized carbons (Fsp3) is 0.909. The molecule has 3 heteroatoms. The molecule has 2 N–H and O–H groups in total. The van der Waals surface area contributed by atoms with Crippen molar-refractivity contribution in [2.45, 2.75) is 32.1 Å². The summed E-state index contributed by atoms with van der Waals surface area (Å²) in [6.45, 7) is 2.68. The topological polar surface area (TPSA) is 46.3 Å². The molecule has 2 aliphatic rings. The number of hydrogen-bond donors (Lipinski definition) is 1. The SMILES string of the molecule is NCCCC(=O)N1CC2CCCC2C1. The first kappa shape index (κ1) is 9.97. The fourth-order valence-corrected chi connectivity index (χ4v) is 2.85. The van der Waals surface area contributed by atoms with Gasteiger partial charge in [0, 0.05) is 19.5 Å². The second-order valence-corrected chi connectivity index (χ2v) is 4.64. The van der Waals surface area contributed by atoms with Crippen molar-refractivity contribution in [1.82, 2.24) is 4.90 Å². The van der Waals surface area contributed by atoms with Crippen LogP contribution in [0, 0.1) is 11.8 Å². The minimum Gasteiger partial charge on any atom is -0.342 e. The summed E-state index contributed by atoms with van der Waals surface area (Å²) >= 11 is 0. The van der Waals surface area contributed by atoms with Gasteiger partial charge in [0.1, 0.15) is 0 Å². The number of likely N-dealkylation sites (tertiary alicyclic amines) is 1. The lowest BCUT2D eigenvalue weighted by molar-refractivity contribution is -0.130. The Morgan fingerprint density at radius 2 is 1.93 bits per heavy atom. The van der Waals surface area contributed by atoms with E-state index in [0.717, 1.165) is 31.3 Å². The molecule has 1 saturated heterocycles. The third kappa shape index (κ3) is 1.92. The van der Waals surface area contributed by atoms with Gasteiger partial charge in [-0.25, -0.2) is 0 Å². The highest BCUT2D eigenvalue weighted by Crippen LogP contribution is 2.37. The van der Waals surface area contributed by atoms with Crippen molar-refractivity contribution < 1.29 is 4.79 Å². The Labute approximate surface area is 85.6 Å². The zero-order chi connectivity index (χ0) is 9.97. The third-order valence-electron chi connectivity index (χ3n) is 3.67. The van der Waals surface area contributed by atoms with E-state index in [1.54, 1.807) is 0 Å². The first-order chi connectivity index (χ1) is 6.81. The first-order valence-corrected chi connectivity index (χ1v) is 5.79. The van der Waals surface area contributed by atoms with Crippen molar-refractivity contribution in [1.29, 1.82) is 0 Å². The van der Waals surface area contributed by atoms with Crippen LogP contribution in [-0.4, -0.2) is 30.4 Å². The van der Waals surface area contributed by atoms with E-state index in [2.05, 4.69) is 4.90 Å². The van der Waals surface area contributed by atoms with Crippen molar-refractivity contribution in [3.8, 4) is 0 Å². The maximum Gasteiger partial charge on any atom is 0.222 e. The number of carbonyl (C=O) groups excluding carboxylic acids is 1. The van der Waals surface area contributed by atoms with Gasteiger partial charge >= 0.3 is 0 Å². The van der Waals surface area contributed by atoms with E-state index in [0.29, 0.717) is 18.9 Å². The van der Waals surface area contributed by atoms with Gasteiger partial charge in [-0.15, -0.1) is 0 Å². The maximum atomic E-state index is 11.7. The number of carbonyl (C=O) groups is 1. The van der Waals surface area contributed by atoms with E-state index in [1.165, 1.54) is 19.3 Å². The van der Waals surface area contributed by atoms with Crippen LogP contribution in [0.1, 0.15) is 32.1 Å². The summed E-state index contributed by atoms with van der Waals surface area (Å²) in [5.41, 5.74) is 5.40. The minimum absolute atomic E-state index is 0.324. The molecular weight excluding hydrogens is 176 g/mol. The Bertz CT molecular complexity index is 205. The zero-order valence-electron chi connectivity index (χ0n) is 8.74. The van der Waals surface area contributed by atoms with Crippen LogP contribution in [0.5, 0.6) is 0 Å². The summed E-state index contributed by atoms with van der Waals surface area (Å²) in [6.07, 6.45) is 5.54. The van der Waals surface area contributed by atoms with Crippen LogP contribution in [-0.2, 0) is 4.79 Å². The number of nitrogens with zero attached hydrogens (tertiary/aromatic N) is 1. The highest BCUT2D eigenvalue weighted by molar-refractivity contribution is 5.76. The van der Waals surface area contributed by atoms with Crippen LogP contribution < -0.4 is 5.73 Å². The Kier molecular flexibility index (Phi) is 3.06. The molecule has 0 spiro atoms. The normalized spacial score (nSPS) is 30.8. The summed E-state index contributed by atoms with van der Waals surface area (Å²) in [4.78, 5) is 13.8. The molecule has 14 heavy (non-hydrogen) atoms. The number of nitrogens with two attached hydrogens (primary N) is 1. The maximum absolute atomic E-state index is 11.7. The summed E-state index contributed by atoms with van der Waals surface area (Å²) in [5.74, 6) is 1.96. The second-order valence-electron chi connectivity index (χ2n) is 4.64. The predicted molar refractivity (Wildman–Crippen MR) is 55.7 cm³/mol. The molecule has 2 unspecified atom stereocenters. The van der Waals surface area contributed by atoms with E-state index in [9.17, 15) is 4.79 Å². The summed E-state index contributed by atoms with van der Waals surface area (Å²) in [7, 11) is 0. The molecule has 2 fully saturated rings. The Balaban J connectivity index is 1.80. The summed E-state index contributed by atoms with van der Waals surface area (Å²) in [6, 6.07) is 0. The number of fused-ring (bicyclic) bond motifs is 1. The van der Waals surface area contributed by atoms with Crippen molar-refractivity contribution in [2.75, 3.05) is 19.6 Å². The molecule has 1 heterocycles. The van der Waals surface area contributed by atoms with Crippen LogP contribution in [0.2, 0.25) is 0 Å². The Morgan fingerprint density at radius 1 is 1.29 bits per heavy atom. The van der Waals surface area contributed by atoms with Crippen LogP contribution in [0.4, 0.5) is 0 Å². The van der Waals surface area contributed by atoms with Gasteiger partial charge in [0.25, 0.3) is 0 Å². The van der Waals surface area contributed by atoms with Gasteiger partial charge in [-0.2, -0.15) is 0 Å². The number of hydrogen-bond acceptors (Lipinski definition) is 2. The van der Waals surface area contributed by atoms with E-state index in [4.69, 9.17) is 5.73 Å². The smallest absolute Gasteiger partial charge is 0.222 e. The molecule has 0 aromatic carbocycles. The van der Waals surface area contributed by atoms with Gasteiger partial charge in [0.05, 0.1) is 0 Å². The van der Waals surface area contributed by atoms with Crippen LogP contribution in [0.3, 0.4) is 0 Å². The van der Waals surface area contributed by atoms with E-state index in [1.807, 2.05) is 0 Å². The molecule has 2 atom stereocenters. The standard InChI is InChI=1S/C11H20N2O/c12-6-2-5-11(14)13-7-9-3-1-4-10(9)8-13/h9-10H,1-8,12H2. The second kappa shape index (κ2) is 4.30. The van der Waals surface area contributed by atoms with Crippen LogP contribution in [0.15, 0.2) is 0 Å². The lowest BCUT2D eigenvalue weighted by Crippen LogP contribution is -2.29. The molecular formula is C11H20N2O. The fourth-order valence-electron chi connectivity index (χ4n) is 2.85. The van der Waals surface area contributed by atoms with Crippen LogP contribution >= 0.6 is 0 Å². The van der Waals surface area contributed by atoms with E-state index < -0.39 is 0 Å². The molecule has 0 radical (unpaired) electrons. The molecule has 1 saturated carbocycles. The van der Waals surface area contributed by atoms with E-state index >= 15 is 0 Å². The molecule has 0 aromatic heterocycles. The average molecular weight is 196 g/mol. The Hall–Kier alpha value is -0.570. The molecule has 3 nitrogen and oxygen atoms in total. The number of amides is 1. The van der Waals surface area contributed by atoms with Crippen molar-refractivity contribution >= 4 is 5.91 Å². The van der Waals surface area contributed by atoms with E-state index in [-0.39, 0.29) is 0 Å². The largest absolute Gasteiger partial charge is 0.342 e. The molecule has 0 aromatic rings. The quantitative estimate of drug-likeness (QED) is 0.731. The van der Waals surface area contributed by atoms with Crippen molar-refractivity contribution in [3.63, 3.8) is 0 Å². The van der Waals surface area contributed by atoms with Crippen molar-refractivity contribution in [3.05, 3.63) is 0 Å². The zero-order valence-corrected chi connectivity index (χ0v) is 8.74. The van der Waals surface area contributed by atoms with Crippen molar-refractivity contribution in [2.24, 2.45) is 17.6 Å². The first-order valence-electron chi connectivity index (χ1n) is 5.79. The van der Waals surface area contributed by atoms with Gasteiger partial charge in [0.2, 0.25) is 5.91 Å². The van der Waals surface area contributed by atoms with Gasteiger partial charge < -0.3 is 10.6 Å². The Morgan fingerprint density at radius 3 is 2.50 bits per heavy atom. The molecule has 1 aliphatic carbocycles. The van der Waals surface area contributed by atoms with Gasteiger partial charge in [-0.3, -0.25) is 4.79 Å². The molecule has 2 rings (SSSR count). The minimum atomic E-state index is 0.324. The molecule has 1 aliphatic heterocycles. The van der Waals surface area contributed by atoms with Gasteiger partial charge in [-0.05, 0) is 37.6 Å². The highest BCUT2D eigenvalue weighted by Gasteiger charge is 2.37. The van der Waals surface area contributed by atoms with Crippen LogP contribution in [0.25, 0.3) is 0 Å². The predicted octanol–water partition coefficient (Wildman–Crippen LogP) is 0.984. The molecule has 0 bridgehead atoms. The summed E-state index contributed by atoms with van der Waals surface area (Å²) in [5, 5.41) is 0. The third-order valence-corrected chi connectivity index (χ3v) is 3.67. The number of rotatable bonds is 3. The summed E-state index contributed by atoms with van der Waals surface area (Å²) < 4.78 is 0. The average Bonchev–Trinajstić information content (AvgIpc) is 2.72. The monoisotopic (exact) mass is 196 g/mol. The lowest BCUT2D eigenvalue weighted by Gasteiger charge is -2.16. The molecule has 1 amide bonds. The van der Waals surface area contributed by atoms with Gasteiger partial charge in [0.15, 0.2) is 0 Å².